The van der Waals surface area contributed by atoms with Crippen molar-refractivity contribution >= 4 is 27.2 Å². The number of aromatic nitrogens is 2. The quantitative estimate of drug-likeness (QED) is 0.636. The maximum atomic E-state index is 11.3. The van der Waals surface area contributed by atoms with E-state index < -0.39 is 10.0 Å². The first-order valence-corrected chi connectivity index (χ1v) is 6.29. The molecule has 1 heterocycles. The summed E-state index contributed by atoms with van der Waals surface area (Å²) in [6.07, 6.45) is 3.38. The van der Waals surface area contributed by atoms with Gasteiger partial charge in [-0.25, -0.2) is 13.1 Å². The molecule has 15 heavy (non-hydrogen) atoms. The maximum absolute atomic E-state index is 11.3. The molecule has 0 saturated heterocycles. The summed E-state index contributed by atoms with van der Waals surface area (Å²) in [6.45, 7) is 0.746. The van der Waals surface area contributed by atoms with E-state index in [1.54, 1.807) is 23.1 Å². The Bertz CT molecular complexity index is 412. The molecule has 0 aliphatic heterocycles. The van der Waals surface area contributed by atoms with Gasteiger partial charge >= 0.3 is 0 Å². The van der Waals surface area contributed by atoms with Crippen LogP contribution in [0.2, 0.25) is 0 Å². The van der Waals surface area contributed by atoms with E-state index in [4.69, 9.17) is 5.73 Å². The van der Waals surface area contributed by atoms with Crippen LogP contribution in [0.3, 0.4) is 0 Å². The highest BCUT2D eigenvalue weighted by Crippen LogP contribution is 1.87. The Morgan fingerprint density at radius 2 is 2.33 bits per heavy atom. The summed E-state index contributed by atoms with van der Waals surface area (Å²) in [7, 11) is -3.39. The van der Waals surface area contributed by atoms with Gasteiger partial charge < -0.3 is 5.73 Å². The number of nitrogens with one attached hydrogen (secondary N) is 1. The number of nitrogens with zero attached hydrogens (tertiary/aromatic N) is 2. The summed E-state index contributed by atoms with van der Waals surface area (Å²) in [6, 6.07) is 1.77. The van der Waals surface area contributed by atoms with Crippen LogP contribution in [0, 0.1) is 0 Å². The van der Waals surface area contributed by atoms with Gasteiger partial charge in [-0.3, -0.25) is 4.68 Å². The SMILES string of the molecule is NC(=S)CS(=O)(=O)NCCn1cccn1. The molecule has 0 aliphatic carbocycles. The van der Waals surface area contributed by atoms with Crippen LogP contribution in [0.25, 0.3) is 0 Å². The summed E-state index contributed by atoms with van der Waals surface area (Å²) in [4.78, 5) is -0.0402. The normalized spacial score (nSPS) is 11.5. The largest absolute Gasteiger partial charge is 0.392 e. The number of sulfonamides is 1. The smallest absolute Gasteiger partial charge is 0.218 e. The van der Waals surface area contributed by atoms with E-state index in [-0.39, 0.29) is 17.3 Å². The molecular weight excluding hydrogens is 236 g/mol. The molecule has 0 spiro atoms. The molecule has 0 fully saturated rings. The van der Waals surface area contributed by atoms with Crippen molar-refractivity contribution in [1.82, 2.24) is 14.5 Å². The average molecular weight is 248 g/mol. The van der Waals surface area contributed by atoms with Crippen LogP contribution in [-0.4, -0.2) is 35.5 Å². The Morgan fingerprint density at radius 3 is 2.87 bits per heavy atom. The molecule has 6 nitrogen and oxygen atoms in total. The molecule has 0 amide bonds. The van der Waals surface area contributed by atoms with Crippen molar-refractivity contribution in [3.63, 3.8) is 0 Å². The third-order valence-electron chi connectivity index (χ3n) is 1.55. The first-order chi connectivity index (χ1) is 6.99. The Morgan fingerprint density at radius 1 is 1.60 bits per heavy atom. The van der Waals surface area contributed by atoms with Crippen LogP contribution in [0.15, 0.2) is 18.5 Å². The van der Waals surface area contributed by atoms with Crippen molar-refractivity contribution < 1.29 is 8.42 Å². The maximum Gasteiger partial charge on any atom is 0.218 e. The fraction of sp³-hybridized carbons (Fsp3) is 0.429. The van der Waals surface area contributed by atoms with E-state index in [1.807, 2.05) is 0 Å². The number of rotatable bonds is 6. The molecule has 0 unspecified atom stereocenters. The molecule has 0 atom stereocenters. The molecular formula is C7H12N4O2S2. The van der Waals surface area contributed by atoms with Crippen LogP contribution in [0.4, 0.5) is 0 Å². The van der Waals surface area contributed by atoms with Gasteiger partial charge in [0.2, 0.25) is 10.0 Å². The van der Waals surface area contributed by atoms with E-state index in [9.17, 15) is 8.42 Å². The first-order valence-electron chi connectivity index (χ1n) is 4.23. The van der Waals surface area contributed by atoms with E-state index in [0.29, 0.717) is 6.54 Å². The Kier molecular flexibility index (Phi) is 4.18. The van der Waals surface area contributed by atoms with E-state index in [0.717, 1.165) is 0 Å². The molecule has 0 saturated carbocycles. The second-order valence-corrected chi connectivity index (χ2v) is 5.22. The van der Waals surface area contributed by atoms with Crippen LogP contribution < -0.4 is 10.5 Å². The molecule has 0 aliphatic rings. The molecule has 0 aromatic carbocycles. The van der Waals surface area contributed by atoms with Crippen molar-refractivity contribution in [3.05, 3.63) is 18.5 Å². The molecule has 84 valence electrons. The van der Waals surface area contributed by atoms with Gasteiger partial charge in [-0.2, -0.15) is 5.10 Å². The third-order valence-corrected chi connectivity index (χ3v) is 3.22. The zero-order valence-corrected chi connectivity index (χ0v) is 9.59. The van der Waals surface area contributed by atoms with Crippen LogP contribution in [-0.2, 0) is 16.6 Å². The van der Waals surface area contributed by atoms with Crippen molar-refractivity contribution in [2.24, 2.45) is 5.73 Å². The highest BCUT2D eigenvalue weighted by Gasteiger charge is 2.10. The minimum atomic E-state index is -3.39. The van der Waals surface area contributed by atoms with Crippen LogP contribution >= 0.6 is 12.2 Å². The number of hydrogen-bond donors (Lipinski definition) is 2. The molecule has 1 rings (SSSR count). The lowest BCUT2D eigenvalue weighted by Gasteiger charge is -2.05. The van der Waals surface area contributed by atoms with Crippen LogP contribution in [0.1, 0.15) is 0 Å². The van der Waals surface area contributed by atoms with E-state index in [2.05, 4.69) is 22.0 Å². The Balaban J connectivity index is 2.34. The molecule has 1 aromatic heterocycles. The topological polar surface area (TPSA) is 90.0 Å². The third kappa shape index (κ3) is 4.86. The highest BCUT2D eigenvalue weighted by atomic mass is 32.2. The summed E-state index contributed by atoms with van der Waals surface area (Å²) >= 11 is 4.51. The Hall–Kier alpha value is -0.990. The zero-order chi connectivity index (χ0) is 11.3. The fourth-order valence-electron chi connectivity index (χ4n) is 0.987. The molecule has 3 N–H and O–H groups in total. The lowest BCUT2D eigenvalue weighted by Crippen LogP contribution is -2.34. The second kappa shape index (κ2) is 5.19. The summed E-state index contributed by atoms with van der Waals surface area (Å²) in [5, 5.41) is 3.93. The summed E-state index contributed by atoms with van der Waals surface area (Å²) < 4.78 is 26.5. The summed E-state index contributed by atoms with van der Waals surface area (Å²) in [5.74, 6) is -0.318. The van der Waals surface area contributed by atoms with E-state index >= 15 is 0 Å². The first kappa shape index (κ1) is 12.1. The van der Waals surface area contributed by atoms with Gasteiger partial charge in [0.1, 0.15) is 5.75 Å². The molecule has 0 radical (unpaired) electrons. The van der Waals surface area contributed by atoms with Gasteiger partial charge in [0.05, 0.1) is 11.5 Å². The van der Waals surface area contributed by atoms with Crippen molar-refractivity contribution in [2.45, 2.75) is 6.54 Å². The minimum absolute atomic E-state index is 0.0402. The van der Waals surface area contributed by atoms with Crippen LogP contribution in [0.5, 0.6) is 0 Å². The van der Waals surface area contributed by atoms with Crippen molar-refractivity contribution in [2.75, 3.05) is 12.3 Å². The number of nitrogens with two attached hydrogens (primary N) is 1. The number of thiocarbonyl (C=S) groups is 1. The predicted octanol–water partition coefficient (Wildman–Crippen LogP) is -0.911. The fourth-order valence-corrected chi connectivity index (χ4v) is 2.33. The monoisotopic (exact) mass is 248 g/mol. The van der Waals surface area contributed by atoms with Gasteiger partial charge in [-0.1, -0.05) is 12.2 Å². The molecule has 0 bridgehead atoms. The van der Waals surface area contributed by atoms with Crippen molar-refractivity contribution in [1.29, 1.82) is 0 Å². The van der Waals surface area contributed by atoms with E-state index in [1.165, 1.54) is 0 Å². The lowest BCUT2D eigenvalue weighted by molar-refractivity contribution is 0.564. The molecule has 1 aromatic rings. The number of hydrogen-bond acceptors (Lipinski definition) is 4. The Labute approximate surface area is 93.5 Å². The lowest BCUT2D eigenvalue weighted by atomic mass is 10.6. The van der Waals surface area contributed by atoms with Gasteiger partial charge in [0.15, 0.2) is 0 Å². The summed E-state index contributed by atoms with van der Waals surface area (Å²) in [5.41, 5.74) is 5.14. The van der Waals surface area contributed by atoms with Gasteiger partial charge in [-0.05, 0) is 6.07 Å². The highest BCUT2D eigenvalue weighted by molar-refractivity contribution is 7.92. The zero-order valence-electron chi connectivity index (χ0n) is 7.96. The van der Waals surface area contributed by atoms with Gasteiger partial charge in [0, 0.05) is 18.9 Å². The average Bonchev–Trinajstić information content (AvgIpc) is 2.53. The van der Waals surface area contributed by atoms with Gasteiger partial charge in [0.25, 0.3) is 0 Å². The van der Waals surface area contributed by atoms with Crippen molar-refractivity contribution in [3.8, 4) is 0 Å². The predicted molar refractivity (Wildman–Crippen MR) is 60.8 cm³/mol. The molecule has 8 heteroatoms. The standard InChI is InChI=1S/C7H12N4O2S2/c8-7(14)6-15(12,13)10-3-5-11-4-1-2-9-11/h1-2,4,10H,3,5-6H2,(H2,8,14). The minimum Gasteiger partial charge on any atom is -0.392 e. The second-order valence-electron chi connectivity index (χ2n) is 2.89. The van der Waals surface area contributed by atoms with Gasteiger partial charge in [-0.15, -0.1) is 0 Å².